The zero-order valence-electron chi connectivity index (χ0n) is 13.1. The molecule has 22 heavy (non-hydrogen) atoms. The molecule has 0 aromatic heterocycles. The molecule has 2 nitrogen and oxygen atoms in total. The minimum atomic E-state index is -0.389. The molecular weight excluding hydrogens is 306 g/mol. The summed E-state index contributed by atoms with van der Waals surface area (Å²) in [6.45, 7) is 7.48. The smallest absolute Gasteiger partial charge is 0.129 e. The van der Waals surface area contributed by atoms with Crippen LogP contribution in [0.2, 0.25) is 0 Å². The first kappa shape index (κ1) is 17.6. The van der Waals surface area contributed by atoms with Crippen LogP contribution in [0.15, 0.2) is 18.2 Å². The molecule has 5 heteroatoms. The van der Waals surface area contributed by atoms with Gasteiger partial charge < -0.3 is 10.2 Å². The minimum absolute atomic E-state index is 0. The molecule has 0 saturated carbocycles. The highest BCUT2D eigenvalue weighted by Crippen LogP contribution is 2.33. The third kappa shape index (κ3) is 3.79. The van der Waals surface area contributed by atoms with Crippen LogP contribution in [0.1, 0.15) is 37.7 Å². The largest absolute Gasteiger partial charge is 0.316 e. The normalized spacial score (nSPS) is 26.9. The van der Waals surface area contributed by atoms with E-state index in [9.17, 15) is 8.78 Å². The van der Waals surface area contributed by atoms with E-state index in [4.69, 9.17) is 0 Å². The zero-order valence-corrected chi connectivity index (χ0v) is 13.9. The van der Waals surface area contributed by atoms with Gasteiger partial charge in [0.1, 0.15) is 11.6 Å². The van der Waals surface area contributed by atoms with Gasteiger partial charge in [0.15, 0.2) is 0 Å². The molecule has 0 amide bonds. The number of hydrogen-bond acceptors (Lipinski definition) is 2. The van der Waals surface area contributed by atoms with Crippen LogP contribution in [0, 0.1) is 17.0 Å². The van der Waals surface area contributed by atoms with Gasteiger partial charge in [-0.2, -0.15) is 0 Å². The molecular formula is C17H25ClF2N2. The van der Waals surface area contributed by atoms with Crippen LogP contribution in [0.4, 0.5) is 8.78 Å². The van der Waals surface area contributed by atoms with Gasteiger partial charge in [0.05, 0.1) is 0 Å². The average molecular weight is 331 g/mol. The molecule has 0 aliphatic carbocycles. The van der Waals surface area contributed by atoms with Crippen molar-refractivity contribution >= 4 is 12.4 Å². The fraction of sp³-hybridized carbons (Fsp3) is 0.647. The first-order valence-corrected chi connectivity index (χ1v) is 7.94. The number of piperidine rings is 1. The first-order valence-electron chi connectivity index (χ1n) is 7.94. The summed E-state index contributed by atoms with van der Waals surface area (Å²) in [5, 5.41) is 3.43. The van der Waals surface area contributed by atoms with Crippen LogP contribution in [0.3, 0.4) is 0 Å². The number of rotatable bonds is 3. The van der Waals surface area contributed by atoms with Crippen molar-refractivity contribution in [1.82, 2.24) is 10.2 Å². The fourth-order valence-corrected chi connectivity index (χ4v) is 3.82. The molecule has 2 heterocycles. The number of nitrogens with one attached hydrogen (secondary N) is 1. The second-order valence-corrected chi connectivity index (χ2v) is 6.92. The van der Waals surface area contributed by atoms with Crippen molar-refractivity contribution in [3.05, 3.63) is 35.4 Å². The maximum Gasteiger partial charge on any atom is 0.129 e. The van der Waals surface area contributed by atoms with Crippen molar-refractivity contribution in [3.63, 3.8) is 0 Å². The van der Waals surface area contributed by atoms with Crippen LogP contribution in [-0.4, -0.2) is 37.6 Å². The van der Waals surface area contributed by atoms with Gasteiger partial charge in [0.2, 0.25) is 0 Å². The molecule has 0 radical (unpaired) electrons. The van der Waals surface area contributed by atoms with Gasteiger partial charge in [-0.25, -0.2) is 8.78 Å². The summed E-state index contributed by atoms with van der Waals surface area (Å²) < 4.78 is 27.7. The number of likely N-dealkylation sites (tertiary alicyclic amines) is 1. The van der Waals surface area contributed by atoms with E-state index in [0.717, 1.165) is 45.6 Å². The Morgan fingerprint density at radius 2 is 1.86 bits per heavy atom. The monoisotopic (exact) mass is 330 g/mol. The molecule has 1 atom stereocenters. The van der Waals surface area contributed by atoms with Crippen molar-refractivity contribution in [1.29, 1.82) is 0 Å². The molecule has 0 spiro atoms. The Balaban J connectivity index is 0.00000176. The molecule has 2 saturated heterocycles. The summed E-state index contributed by atoms with van der Waals surface area (Å²) in [5.74, 6) is -0.752. The van der Waals surface area contributed by atoms with Crippen LogP contribution >= 0.6 is 12.4 Å². The lowest BCUT2D eigenvalue weighted by atomic mass is 9.85. The number of benzene rings is 1. The Morgan fingerprint density at radius 1 is 1.23 bits per heavy atom. The summed E-state index contributed by atoms with van der Waals surface area (Å²) in [7, 11) is 0. The van der Waals surface area contributed by atoms with Crippen LogP contribution < -0.4 is 5.32 Å². The van der Waals surface area contributed by atoms with Crippen molar-refractivity contribution in [2.45, 2.75) is 32.1 Å². The molecule has 1 unspecified atom stereocenters. The summed E-state index contributed by atoms with van der Waals surface area (Å²) in [5.41, 5.74) is 0.654. The molecule has 3 rings (SSSR count). The maximum absolute atomic E-state index is 13.9. The molecule has 2 aliphatic heterocycles. The van der Waals surface area contributed by atoms with Crippen molar-refractivity contribution in [3.8, 4) is 0 Å². The molecule has 1 aromatic carbocycles. The summed E-state index contributed by atoms with van der Waals surface area (Å²) in [6, 6.07) is 4.18. The topological polar surface area (TPSA) is 15.3 Å². The van der Waals surface area contributed by atoms with E-state index < -0.39 is 0 Å². The lowest BCUT2D eigenvalue weighted by Gasteiger charge is -2.37. The van der Waals surface area contributed by atoms with E-state index in [1.54, 1.807) is 0 Å². The Labute approximate surface area is 137 Å². The lowest BCUT2D eigenvalue weighted by molar-refractivity contribution is 0.143. The molecule has 1 N–H and O–H groups in total. The second-order valence-electron chi connectivity index (χ2n) is 6.92. The number of halogens is 3. The maximum atomic E-state index is 13.9. The number of nitrogens with zero attached hydrogens (tertiary/aromatic N) is 1. The summed E-state index contributed by atoms with van der Waals surface area (Å²) >= 11 is 0. The standard InChI is InChI=1S/C17H24F2N2.ClH/c1-17(7-8-20-11-17)12-21-9-5-13(6-10-21)16-14(18)3-2-4-15(16)19;/h2-4,13,20H,5-12H2,1H3;1H. The van der Waals surface area contributed by atoms with Crippen molar-refractivity contribution < 1.29 is 8.78 Å². The van der Waals surface area contributed by atoms with Gasteiger partial charge in [-0.3, -0.25) is 0 Å². The Morgan fingerprint density at radius 3 is 2.41 bits per heavy atom. The highest BCUT2D eigenvalue weighted by atomic mass is 35.5. The Kier molecular flexibility index (Phi) is 5.81. The Hall–Kier alpha value is -0.710. The molecule has 0 bridgehead atoms. The van der Waals surface area contributed by atoms with Crippen LogP contribution in [-0.2, 0) is 0 Å². The van der Waals surface area contributed by atoms with Gasteiger partial charge in [-0.05, 0) is 62.4 Å². The van der Waals surface area contributed by atoms with E-state index in [2.05, 4.69) is 17.1 Å². The zero-order chi connectivity index (χ0) is 14.9. The predicted molar refractivity (Wildman–Crippen MR) is 87.6 cm³/mol. The summed E-state index contributed by atoms with van der Waals surface area (Å²) in [6.07, 6.45) is 2.91. The summed E-state index contributed by atoms with van der Waals surface area (Å²) in [4.78, 5) is 2.46. The Bertz CT molecular complexity index is 475. The van der Waals surface area contributed by atoms with Crippen LogP contribution in [0.5, 0.6) is 0 Å². The molecule has 2 aliphatic rings. The lowest BCUT2D eigenvalue weighted by Crippen LogP contribution is -2.41. The van der Waals surface area contributed by atoms with Gasteiger partial charge in [0, 0.05) is 18.7 Å². The van der Waals surface area contributed by atoms with E-state index >= 15 is 0 Å². The first-order chi connectivity index (χ1) is 10.1. The fourth-order valence-electron chi connectivity index (χ4n) is 3.82. The molecule has 2 fully saturated rings. The second kappa shape index (κ2) is 7.24. The van der Waals surface area contributed by atoms with Gasteiger partial charge >= 0.3 is 0 Å². The van der Waals surface area contributed by atoms with Crippen LogP contribution in [0.25, 0.3) is 0 Å². The van der Waals surface area contributed by atoms with E-state index in [1.165, 1.54) is 24.6 Å². The average Bonchev–Trinajstić information content (AvgIpc) is 2.87. The van der Waals surface area contributed by atoms with E-state index in [1.807, 2.05) is 0 Å². The van der Waals surface area contributed by atoms with E-state index in [0.29, 0.717) is 11.0 Å². The van der Waals surface area contributed by atoms with E-state index in [-0.39, 0.29) is 30.0 Å². The van der Waals surface area contributed by atoms with Crippen molar-refractivity contribution in [2.75, 3.05) is 32.7 Å². The van der Waals surface area contributed by atoms with Gasteiger partial charge in [-0.1, -0.05) is 13.0 Å². The molecule has 124 valence electrons. The third-order valence-corrected chi connectivity index (χ3v) is 5.06. The van der Waals surface area contributed by atoms with Gasteiger partial charge in [-0.15, -0.1) is 12.4 Å². The molecule has 1 aromatic rings. The predicted octanol–water partition coefficient (Wildman–Crippen LogP) is 3.57. The third-order valence-electron chi connectivity index (χ3n) is 5.06. The van der Waals surface area contributed by atoms with Crippen molar-refractivity contribution in [2.24, 2.45) is 5.41 Å². The highest BCUT2D eigenvalue weighted by molar-refractivity contribution is 5.85. The SMILES string of the molecule is CC1(CN2CCC(c3c(F)cccc3F)CC2)CCNC1.Cl. The van der Waals surface area contributed by atoms with Gasteiger partial charge in [0.25, 0.3) is 0 Å². The number of hydrogen-bond donors (Lipinski definition) is 1. The minimum Gasteiger partial charge on any atom is -0.316 e. The quantitative estimate of drug-likeness (QED) is 0.911. The highest BCUT2D eigenvalue weighted by Gasteiger charge is 2.33.